The van der Waals surface area contributed by atoms with Gasteiger partial charge in [-0.2, -0.15) is 0 Å². The predicted molar refractivity (Wildman–Crippen MR) is 105 cm³/mol. The van der Waals surface area contributed by atoms with Crippen molar-refractivity contribution in [2.45, 2.75) is 90.3 Å². The molecule has 0 aliphatic carbocycles. The fraction of sp³-hybridized carbons (Fsp3) is 0.750. The number of ether oxygens (including phenoxy) is 4. The van der Waals surface area contributed by atoms with E-state index in [1.165, 1.54) is 27.7 Å². The summed E-state index contributed by atoms with van der Waals surface area (Å²) in [4.78, 5) is 57.2. The second kappa shape index (κ2) is 12.9. The van der Waals surface area contributed by atoms with E-state index in [-0.39, 0.29) is 13.0 Å². The number of nitrogens with one attached hydrogen (secondary N) is 1. The molecule has 0 saturated carbocycles. The van der Waals surface area contributed by atoms with Gasteiger partial charge in [-0.1, -0.05) is 12.8 Å². The molecule has 0 unspecified atom stereocenters. The number of hydrogen-bond acceptors (Lipinski definition) is 9. The summed E-state index contributed by atoms with van der Waals surface area (Å²) in [5.41, 5.74) is 0. The highest BCUT2D eigenvalue weighted by Gasteiger charge is 2.50. The first kappa shape index (κ1) is 26.3. The van der Waals surface area contributed by atoms with E-state index in [0.29, 0.717) is 25.7 Å². The maximum atomic E-state index is 11.8. The van der Waals surface area contributed by atoms with Crippen LogP contribution in [0.2, 0.25) is 0 Å². The second-order valence-corrected chi connectivity index (χ2v) is 7.38. The van der Waals surface area contributed by atoms with Crippen molar-refractivity contribution < 1.29 is 48.0 Å². The average Bonchev–Trinajstić information content (AvgIpc) is 2.62. The molecule has 0 radical (unpaired) electrons. The first-order chi connectivity index (χ1) is 14.5. The van der Waals surface area contributed by atoms with Crippen LogP contribution in [0, 0.1) is 0 Å². The summed E-state index contributed by atoms with van der Waals surface area (Å²) in [5, 5.41) is 11.5. The lowest BCUT2D eigenvalue weighted by Gasteiger charge is -2.45. The largest absolute Gasteiger partial charge is 0.481 e. The number of esters is 3. The highest BCUT2D eigenvalue weighted by atomic mass is 16.6. The number of hydrogen-bond donors (Lipinski definition) is 2. The van der Waals surface area contributed by atoms with Crippen LogP contribution in [0.5, 0.6) is 0 Å². The van der Waals surface area contributed by atoms with Gasteiger partial charge in [0.15, 0.2) is 12.2 Å². The van der Waals surface area contributed by atoms with E-state index in [4.69, 9.17) is 24.1 Å². The van der Waals surface area contributed by atoms with Gasteiger partial charge >= 0.3 is 23.9 Å². The van der Waals surface area contributed by atoms with E-state index in [0.717, 1.165) is 0 Å². The molecule has 1 amide bonds. The molecule has 1 fully saturated rings. The Morgan fingerprint density at radius 2 is 1.45 bits per heavy atom. The minimum Gasteiger partial charge on any atom is -0.481 e. The van der Waals surface area contributed by atoms with Crippen molar-refractivity contribution >= 4 is 29.8 Å². The monoisotopic (exact) mass is 445 g/mol. The number of carbonyl (C=O) groups is 5. The maximum Gasteiger partial charge on any atom is 0.303 e. The fourth-order valence-corrected chi connectivity index (χ4v) is 3.47. The average molecular weight is 445 g/mol. The van der Waals surface area contributed by atoms with Crippen molar-refractivity contribution in [1.29, 1.82) is 0 Å². The van der Waals surface area contributed by atoms with Gasteiger partial charge in [0.2, 0.25) is 5.91 Å². The number of amides is 1. The Morgan fingerprint density at radius 1 is 0.839 bits per heavy atom. The summed E-state index contributed by atoms with van der Waals surface area (Å²) in [6, 6.07) is -0.821. The summed E-state index contributed by atoms with van der Waals surface area (Å²) in [6.45, 7) is 4.63. The van der Waals surface area contributed by atoms with Crippen LogP contribution in [0.3, 0.4) is 0 Å². The summed E-state index contributed by atoms with van der Waals surface area (Å²) >= 11 is 0. The molecule has 11 heteroatoms. The van der Waals surface area contributed by atoms with Gasteiger partial charge in [-0.25, -0.2) is 0 Å². The second-order valence-electron chi connectivity index (χ2n) is 7.38. The molecule has 1 aliphatic heterocycles. The zero-order chi connectivity index (χ0) is 23.6. The quantitative estimate of drug-likeness (QED) is 0.264. The Labute approximate surface area is 180 Å². The molecule has 0 aromatic heterocycles. The van der Waals surface area contributed by atoms with Crippen LogP contribution >= 0.6 is 0 Å². The SMILES string of the molecule is CC(=O)N[C@@H]1[C@@H](OC(C)=O)[C@@H](OC(C)=O)[C@@H](COC(C)=O)O[C@@H]1CCCCCC(=O)O. The van der Waals surface area contributed by atoms with E-state index in [2.05, 4.69) is 5.32 Å². The van der Waals surface area contributed by atoms with Crippen LogP contribution in [0.15, 0.2) is 0 Å². The van der Waals surface area contributed by atoms with Crippen molar-refractivity contribution in [2.24, 2.45) is 0 Å². The fourth-order valence-electron chi connectivity index (χ4n) is 3.47. The van der Waals surface area contributed by atoms with E-state index in [9.17, 15) is 24.0 Å². The van der Waals surface area contributed by atoms with Gasteiger partial charge in [-0.15, -0.1) is 0 Å². The minimum atomic E-state index is -1.11. The Balaban J connectivity index is 3.11. The third-order valence-electron chi connectivity index (χ3n) is 4.60. The Hall–Kier alpha value is -2.69. The van der Waals surface area contributed by atoms with Crippen LogP contribution in [-0.4, -0.2) is 72.0 Å². The topological polar surface area (TPSA) is 155 Å². The molecule has 11 nitrogen and oxygen atoms in total. The van der Waals surface area contributed by atoms with Gasteiger partial charge in [0, 0.05) is 34.1 Å². The Bertz CT molecular complexity index is 664. The van der Waals surface area contributed by atoms with Gasteiger partial charge in [0.25, 0.3) is 0 Å². The van der Waals surface area contributed by atoms with Crippen LogP contribution in [0.25, 0.3) is 0 Å². The van der Waals surface area contributed by atoms with E-state index in [1.807, 2.05) is 0 Å². The number of unbranched alkanes of at least 4 members (excludes halogenated alkanes) is 2. The lowest BCUT2D eigenvalue weighted by molar-refractivity contribution is -0.224. The molecule has 0 spiro atoms. The molecule has 176 valence electrons. The van der Waals surface area contributed by atoms with Crippen molar-refractivity contribution in [3.63, 3.8) is 0 Å². The smallest absolute Gasteiger partial charge is 0.303 e. The van der Waals surface area contributed by atoms with Gasteiger partial charge in [0.05, 0.1) is 12.1 Å². The molecule has 1 saturated heterocycles. The van der Waals surface area contributed by atoms with E-state index < -0.39 is 60.2 Å². The van der Waals surface area contributed by atoms with Gasteiger partial charge in [0.1, 0.15) is 12.7 Å². The lowest BCUT2D eigenvalue weighted by Crippen LogP contribution is -2.66. The molecular weight excluding hydrogens is 414 g/mol. The number of carbonyl (C=O) groups excluding carboxylic acids is 4. The van der Waals surface area contributed by atoms with Crippen LogP contribution in [-0.2, 0) is 42.9 Å². The molecule has 1 aliphatic rings. The molecule has 5 atom stereocenters. The molecule has 0 aromatic carbocycles. The molecule has 2 N–H and O–H groups in total. The summed E-state index contributed by atoms with van der Waals surface area (Å²) in [7, 11) is 0. The molecule has 1 rings (SSSR count). The highest BCUT2D eigenvalue weighted by Crippen LogP contribution is 2.29. The summed E-state index contributed by atoms with van der Waals surface area (Å²) in [6.07, 6.45) is -1.63. The number of carboxylic acid groups (broad SMARTS) is 1. The van der Waals surface area contributed by atoms with Gasteiger partial charge in [-0.05, 0) is 12.8 Å². The number of aliphatic carboxylic acids is 1. The summed E-state index contributed by atoms with van der Waals surface area (Å²) in [5.74, 6) is -3.16. The molecule has 1 heterocycles. The molecule has 0 aromatic rings. The Morgan fingerprint density at radius 3 is 1.97 bits per heavy atom. The maximum absolute atomic E-state index is 11.8. The van der Waals surface area contributed by atoms with Crippen LogP contribution in [0.1, 0.15) is 59.8 Å². The minimum absolute atomic E-state index is 0.0420. The predicted octanol–water partition coefficient (Wildman–Crippen LogP) is 0.720. The van der Waals surface area contributed by atoms with E-state index >= 15 is 0 Å². The Kier molecular flexibility index (Phi) is 10.9. The highest BCUT2D eigenvalue weighted by molar-refractivity contribution is 5.73. The van der Waals surface area contributed by atoms with Crippen molar-refractivity contribution in [2.75, 3.05) is 6.61 Å². The zero-order valence-electron chi connectivity index (χ0n) is 18.3. The van der Waals surface area contributed by atoms with Crippen LogP contribution in [0.4, 0.5) is 0 Å². The third-order valence-corrected chi connectivity index (χ3v) is 4.60. The molecular formula is C20H31NO10. The first-order valence-corrected chi connectivity index (χ1v) is 10.1. The first-order valence-electron chi connectivity index (χ1n) is 10.1. The van der Waals surface area contributed by atoms with E-state index in [1.54, 1.807) is 0 Å². The zero-order valence-corrected chi connectivity index (χ0v) is 18.3. The third kappa shape index (κ3) is 9.77. The van der Waals surface area contributed by atoms with Crippen molar-refractivity contribution in [3.8, 4) is 0 Å². The van der Waals surface area contributed by atoms with Crippen molar-refractivity contribution in [3.05, 3.63) is 0 Å². The normalized spacial score (nSPS) is 25.2. The number of rotatable bonds is 11. The lowest BCUT2D eigenvalue weighted by atomic mass is 9.89. The number of carboxylic acids is 1. The summed E-state index contributed by atoms with van der Waals surface area (Å²) < 4.78 is 21.8. The van der Waals surface area contributed by atoms with Crippen molar-refractivity contribution in [1.82, 2.24) is 5.32 Å². The van der Waals surface area contributed by atoms with Gasteiger partial charge < -0.3 is 29.4 Å². The standard InChI is InChI=1S/C20H31NO10/c1-11(22)21-18-15(8-6-5-7-9-17(26)27)31-16(10-28-12(2)23)19(29-13(3)24)20(18)30-14(4)25/h15-16,18-20H,5-10H2,1-4H3,(H,21,22)(H,26,27)/t15-,16-,18+,19+,20-/m1/s1. The van der Waals surface area contributed by atoms with Crippen LogP contribution < -0.4 is 5.32 Å². The van der Waals surface area contributed by atoms with Gasteiger partial charge in [-0.3, -0.25) is 24.0 Å². The molecule has 31 heavy (non-hydrogen) atoms. The molecule has 0 bridgehead atoms.